The number of nitrogens with one attached hydrogen (secondary N) is 1. The van der Waals surface area contributed by atoms with Gasteiger partial charge in [-0.05, 0) is 50.1 Å². The molecule has 7 nitrogen and oxygen atoms in total. The number of fused-ring (bicyclic) bond motifs is 2. The summed E-state index contributed by atoms with van der Waals surface area (Å²) >= 11 is 2.72. The number of aliphatic hydroxyl groups excluding tert-OH is 1. The summed E-state index contributed by atoms with van der Waals surface area (Å²) in [6, 6.07) is 12.9. The van der Waals surface area contributed by atoms with Crippen LogP contribution in [0, 0.1) is 0 Å². The van der Waals surface area contributed by atoms with Crippen LogP contribution in [0.5, 0.6) is 0 Å². The van der Waals surface area contributed by atoms with Crippen molar-refractivity contribution in [1.82, 2.24) is 19.4 Å². The lowest BCUT2D eigenvalue weighted by Crippen LogP contribution is -2.35. The van der Waals surface area contributed by atoms with Gasteiger partial charge in [-0.25, -0.2) is 9.97 Å². The maximum absolute atomic E-state index is 14.4. The Bertz CT molecular complexity index is 1650. The maximum atomic E-state index is 14.4. The van der Waals surface area contributed by atoms with Gasteiger partial charge < -0.3 is 9.67 Å². The minimum absolute atomic E-state index is 0.00321. The lowest BCUT2D eigenvalue weighted by atomic mass is 10.1. The molecule has 0 bridgehead atoms. The Morgan fingerprint density at radius 2 is 1.95 bits per heavy atom. The molecule has 1 aliphatic heterocycles. The van der Waals surface area contributed by atoms with Gasteiger partial charge in [0, 0.05) is 59.8 Å². The van der Waals surface area contributed by atoms with Crippen LogP contribution in [0.1, 0.15) is 31.0 Å². The van der Waals surface area contributed by atoms with Crippen LogP contribution < -0.4 is 5.43 Å². The van der Waals surface area contributed by atoms with Gasteiger partial charge in [-0.15, -0.1) is 11.3 Å². The van der Waals surface area contributed by atoms with E-state index in [1.54, 1.807) is 10.6 Å². The quantitative estimate of drug-likeness (QED) is 0.164. The van der Waals surface area contributed by atoms with Gasteiger partial charge in [0.15, 0.2) is 5.71 Å². The molecular formula is C28H27F3N6OS2. The molecule has 0 atom stereocenters. The minimum Gasteiger partial charge on any atom is -0.393 e. The van der Waals surface area contributed by atoms with Crippen molar-refractivity contribution in [2.45, 2.75) is 45.1 Å². The van der Waals surface area contributed by atoms with Crippen LogP contribution >= 0.6 is 22.7 Å². The molecule has 0 unspecified atom stereocenters. The second-order valence-electron chi connectivity index (χ2n) is 9.77. The molecule has 0 radical (unpaired) electrons. The number of hydrazone groups is 1. The first-order valence-electron chi connectivity index (χ1n) is 13.0. The fourth-order valence-corrected chi connectivity index (χ4v) is 6.62. The Labute approximate surface area is 236 Å². The first-order valence-corrected chi connectivity index (χ1v) is 14.7. The van der Waals surface area contributed by atoms with Gasteiger partial charge in [0.25, 0.3) is 0 Å². The molecule has 1 fully saturated rings. The highest BCUT2D eigenvalue weighted by Gasteiger charge is 2.39. The summed E-state index contributed by atoms with van der Waals surface area (Å²) in [5.74, 6) is 0. The van der Waals surface area contributed by atoms with Gasteiger partial charge in [0.1, 0.15) is 5.01 Å². The molecule has 0 saturated carbocycles. The number of halogens is 3. The number of alkyl halides is 3. The zero-order chi connectivity index (χ0) is 27.9. The summed E-state index contributed by atoms with van der Waals surface area (Å²) in [6.45, 7) is 4.73. The van der Waals surface area contributed by atoms with Crippen LogP contribution in [0.3, 0.4) is 0 Å². The molecule has 12 heteroatoms. The number of rotatable bonds is 7. The average Bonchev–Trinajstić information content (AvgIpc) is 3.66. The van der Waals surface area contributed by atoms with E-state index in [0.717, 1.165) is 46.9 Å². The van der Waals surface area contributed by atoms with E-state index in [0.29, 0.717) is 34.6 Å². The second kappa shape index (κ2) is 10.9. The summed E-state index contributed by atoms with van der Waals surface area (Å²) in [5, 5.41) is 17.1. The molecule has 6 rings (SSSR count). The van der Waals surface area contributed by atoms with Crippen molar-refractivity contribution in [3.63, 3.8) is 0 Å². The molecule has 0 amide bonds. The normalized spacial score (nSPS) is 15.9. The molecule has 40 heavy (non-hydrogen) atoms. The number of hydrogen-bond donors (Lipinski definition) is 2. The maximum Gasteiger partial charge on any atom is 0.435 e. The van der Waals surface area contributed by atoms with Crippen LogP contribution in [0.15, 0.2) is 59.1 Å². The summed E-state index contributed by atoms with van der Waals surface area (Å²) in [6.07, 6.45) is -1.91. The highest BCUT2D eigenvalue weighted by atomic mass is 32.1. The first kappa shape index (κ1) is 26.9. The first-order chi connectivity index (χ1) is 19.3. The number of aliphatic hydroxyl groups is 1. The lowest BCUT2D eigenvalue weighted by Gasteiger charge is -2.28. The monoisotopic (exact) mass is 584 g/mol. The van der Waals surface area contributed by atoms with Gasteiger partial charge in [0.2, 0.25) is 5.13 Å². The third-order valence-electron chi connectivity index (χ3n) is 7.04. The number of para-hydroxylation sites is 1. The lowest BCUT2D eigenvalue weighted by molar-refractivity contribution is -0.0580. The van der Waals surface area contributed by atoms with E-state index in [-0.39, 0.29) is 11.7 Å². The zero-order valence-corrected chi connectivity index (χ0v) is 23.3. The van der Waals surface area contributed by atoms with Gasteiger partial charge >= 0.3 is 6.18 Å². The van der Waals surface area contributed by atoms with Crippen molar-refractivity contribution in [3.05, 3.63) is 65.3 Å². The van der Waals surface area contributed by atoms with E-state index < -0.39 is 11.9 Å². The van der Waals surface area contributed by atoms with Gasteiger partial charge in [-0.2, -0.15) is 18.3 Å². The van der Waals surface area contributed by atoms with Crippen molar-refractivity contribution >= 4 is 54.6 Å². The summed E-state index contributed by atoms with van der Waals surface area (Å²) in [4.78, 5) is 11.4. The molecule has 1 saturated heterocycles. The molecule has 2 aromatic carbocycles. The number of aryl methyl sites for hydroxylation is 1. The topological polar surface area (TPSA) is 78.6 Å². The van der Waals surface area contributed by atoms with Crippen LogP contribution in [-0.4, -0.2) is 55.6 Å². The number of benzene rings is 2. The van der Waals surface area contributed by atoms with Crippen molar-refractivity contribution in [3.8, 4) is 10.6 Å². The van der Waals surface area contributed by atoms with Crippen molar-refractivity contribution < 1.29 is 18.3 Å². The minimum atomic E-state index is -4.69. The van der Waals surface area contributed by atoms with Crippen LogP contribution in [0.2, 0.25) is 0 Å². The van der Waals surface area contributed by atoms with Crippen molar-refractivity contribution in [1.29, 1.82) is 0 Å². The fraction of sp³-hybridized carbons (Fsp3) is 0.321. The van der Waals surface area contributed by atoms with E-state index in [9.17, 15) is 18.3 Å². The van der Waals surface area contributed by atoms with Gasteiger partial charge in [0.05, 0.1) is 22.0 Å². The molecule has 0 spiro atoms. The highest BCUT2D eigenvalue weighted by molar-refractivity contribution is 7.22. The number of piperidine rings is 1. The predicted molar refractivity (Wildman–Crippen MR) is 155 cm³/mol. The number of aromatic nitrogens is 3. The largest absolute Gasteiger partial charge is 0.435 e. The molecule has 5 aromatic rings. The number of thiazole rings is 2. The Morgan fingerprint density at radius 1 is 1.15 bits per heavy atom. The van der Waals surface area contributed by atoms with E-state index in [4.69, 9.17) is 4.98 Å². The van der Waals surface area contributed by atoms with Gasteiger partial charge in [-0.3, -0.25) is 10.3 Å². The predicted octanol–water partition coefficient (Wildman–Crippen LogP) is 6.73. The van der Waals surface area contributed by atoms with Crippen molar-refractivity contribution in [2.24, 2.45) is 5.10 Å². The average molecular weight is 585 g/mol. The van der Waals surface area contributed by atoms with E-state index in [2.05, 4.69) is 20.4 Å². The Kier molecular flexibility index (Phi) is 7.34. The fourth-order valence-electron chi connectivity index (χ4n) is 5.00. The summed E-state index contributed by atoms with van der Waals surface area (Å²) < 4.78 is 45.9. The van der Waals surface area contributed by atoms with E-state index >= 15 is 0 Å². The number of likely N-dealkylation sites (tertiary alicyclic amines) is 1. The molecular weight excluding hydrogens is 557 g/mol. The second-order valence-corrected chi connectivity index (χ2v) is 11.7. The number of anilines is 1. The summed E-state index contributed by atoms with van der Waals surface area (Å²) in [7, 11) is 0. The third kappa shape index (κ3) is 5.49. The zero-order valence-electron chi connectivity index (χ0n) is 21.6. The molecule has 1 aliphatic rings. The SMILES string of the molecule is CCn1cc(C(=NNc2nc3ccccc3s2)C(F)(F)F)c2cc(-c3nc(CN4CCC(O)CC4)cs3)ccc21. The Hall–Kier alpha value is -3.32. The van der Waals surface area contributed by atoms with Gasteiger partial charge in [-0.1, -0.05) is 23.5 Å². The third-order valence-corrected chi connectivity index (χ3v) is 8.93. The highest BCUT2D eigenvalue weighted by Crippen LogP contribution is 2.34. The molecule has 2 N–H and O–H groups in total. The summed E-state index contributed by atoms with van der Waals surface area (Å²) in [5.41, 5.74) is 4.63. The Balaban J connectivity index is 1.34. The molecule has 0 aliphatic carbocycles. The number of hydrogen-bond acceptors (Lipinski definition) is 8. The van der Waals surface area contributed by atoms with E-state index in [1.165, 1.54) is 28.9 Å². The molecule has 4 heterocycles. The standard InChI is InChI=1S/C28H27F3N6OS2/c1-2-37-15-21(25(28(29,30)31)34-35-27-33-22-5-3-4-6-24(22)40-27)20-13-17(7-8-23(20)37)26-32-18(16-39-26)14-36-11-9-19(38)10-12-36/h3-8,13,15-16,19,38H,2,9-12,14H2,1H3,(H,33,35). The molecule has 3 aromatic heterocycles. The number of nitrogens with zero attached hydrogens (tertiary/aromatic N) is 5. The Morgan fingerprint density at radius 3 is 2.70 bits per heavy atom. The molecule has 208 valence electrons. The van der Waals surface area contributed by atoms with Crippen LogP contribution in [-0.2, 0) is 13.1 Å². The smallest absolute Gasteiger partial charge is 0.393 e. The van der Waals surface area contributed by atoms with Crippen LogP contribution in [0.4, 0.5) is 18.3 Å². The van der Waals surface area contributed by atoms with E-state index in [1.807, 2.05) is 48.7 Å². The van der Waals surface area contributed by atoms with Crippen LogP contribution in [0.25, 0.3) is 31.7 Å². The van der Waals surface area contributed by atoms with Crippen molar-refractivity contribution in [2.75, 3.05) is 18.5 Å².